The Kier molecular flexibility index (Phi) is 5.96. The molecular formula is C24H27F2N9O. The molecule has 1 N–H and O–H groups in total. The van der Waals surface area contributed by atoms with Gasteiger partial charge in [-0.3, -0.25) is 9.48 Å². The van der Waals surface area contributed by atoms with Crippen molar-refractivity contribution in [3.63, 3.8) is 0 Å². The normalized spacial score (nSPS) is 17.4. The molecule has 1 saturated heterocycles. The zero-order chi connectivity index (χ0) is 24.6. The molecule has 2 fully saturated rings. The van der Waals surface area contributed by atoms with Crippen LogP contribution in [0.4, 0.5) is 8.78 Å². The zero-order valence-electron chi connectivity index (χ0n) is 19.7. The molecule has 5 heterocycles. The molecule has 0 aromatic carbocycles. The van der Waals surface area contributed by atoms with Gasteiger partial charge in [0.1, 0.15) is 11.4 Å². The summed E-state index contributed by atoms with van der Waals surface area (Å²) in [5.41, 5.74) is 2.32. The third-order valence-electron chi connectivity index (χ3n) is 7.05. The van der Waals surface area contributed by atoms with Crippen molar-refractivity contribution in [2.24, 2.45) is 0 Å². The molecule has 0 unspecified atom stereocenters. The highest BCUT2D eigenvalue weighted by Gasteiger charge is 2.25. The van der Waals surface area contributed by atoms with Crippen LogP contribution in [0.15, 0.2) is 36.8 Å². The van der Waals surface area contributed by atoms with Gasteiger partial charge >= 0.3 is 0 Å². The van der Waals surface area contributed by atoms with Gasteiger partial charge in [-0.2, -0.15) is 10.2 Å². The van der Waals surface area contributed by atoms with Crippen LogP contribution in [0.2, 0.25) is 0 Å². The number of hydrogen-bond acceptors (Lipinski definition) is 6. The van der Waals surface area contributed by atoms with Crippen molar-refractivity contribution >= 4 is 11.4 Å². The highest BCUT2D eigenvalue weighted by atomic mass is 19.3. The van der Waals surface area contributed by atoms with Gasteiger partial charge in [0.05, 0.1) is 41.4 Å². The Hall–Kier alpha value is -3.67. The number of alkyl halides is 2. The van der Waals surface area contributed by atoms with Gasteiger partial charge in [-0.05, 0) is 31.0 Å². The number of carbonyl (C=O) groups is 1. The Morgan fingerprint density at radius 1 is 1.08 bits per heavy atom. The number of rotatable bonds is 5. The third kappa shape index (κ3) is 4.15. The fraction of sp³-hybridized carbons (Fsp3) is 0.458. The van der Waals surface area contributed by atoms with Gasteiger partial charge < -0.3 is 10.2 Å². The number of amides is 1. The van der Waals surface area contributed by atoms with E-state index in [1.807, 2.05) is 17.0 Å². The highest BCUT2D eigenvalue weighted by Crippen LogP contribution is 2.32. The Morgan fingerprint density at radius 3 is 2.67 bits per heavy atom. The van der Waals surface area contributed by atoms with Crippen LogP contribution in [0, 0.1) is 0 Å². The van der Waals surface area contributed by atoms with E-state index in [2.05, 4.69) is 25.8 Å². The maximum Gasteiger partial charge on any atom is 0.284 e. The number of hydrogen-bond donors (Lipinski definition) is 1. The van der Waals surface area contributed by atoms with Crippen molar-refractivity contribution in [3.8, 4) is 17.1 Å². The van der Waals surface area contributed by atoms with E-state index < -0.39 is 6.43 Å². The van der Waals surface area contributed by atoms with E-state index in [0.29, 0.717) is 30.0 Å². The summed E-state index contributed by atoms with van der Waals surface area (Å²) < 4.78 is 32.4. The molecule has 1 amide bonds. The monoisotopic (exact) mass is 495 g/mol. The van der Waals surface area contributed by atoms with Gasteiger partial charge in [0.15, 0.2) is 5.69 Å². The number of nitrogens with zero attached hydrogens (tertiary/aromatic N) is 8. The van der Waals surface area contributed by atoms with Crippen LogP contribution in [0.5, 0.6) is 0 Å². The second-order valence-electron chi connectivity index (χ2n) is 9.36. The smallest absolute Gasteiger partial charge is 0.284 e. The maximum atomic E-state index is 13.8. The number of carbonyl (C=O) groups excluding carboxylic acids is 1. The quantitative estimate of drug-likeness (QED) is 0.456. The molecular weight excluding hydrogens is 468 g/mol. The molecule has 10 nitrogen and oxygen atoms in total. The first-order valence-corrected chi connectivity index (χ1v) is 12.4. The summed E-state index contributed by atoms with van der Waals surface area (Å²) in [6, 6.07) is 5.61. The van der Waals surface area contributed by atoms with Gasteiger partial charge in [0.25, 0.3) is 12.3 Å². The standard InChI is InChI=1S/C24H27F2N9O/c25-23(26)22-21(15-33(30-22)17-4-2-1-3-5-17)34-14-19(29-31-34)20-7-6-18-12-16(13-28-35(18)20)24(36)32-10-8-27-9-11-32/h6-7,12-15,17,23,27H,1-5,8-11H2. The largest absolute Gasteiger partial charge is 0.336 e. The van der Waals surface area contributed by atoms with Gasteiger partial charge in [-0.15, -0.1) is 5.10 Å². The molecule has 0 radical (unpaired) electrons. The minimum atomic E-state index is -2.72. The Bertz CT molecular complexity index is 1380. The van der Waals surface area contributed by atoms with Crippen LogP contribution >= 0.6 is 0 Å². The summed E-state index contributed by atoms with van der Waals surface area (Å²) in [5, 5.41) is 20.3. The molecule has 0 spiro atoms. The molecule has 1 aliphatic heterocycles. The minimum absolute atomic E-state index is 0.0466. The van der Waals surface area contributed by atoms with Crippen molar-refractivity contribution in [3.05, 3.63) is 48.0 Å². The summed E-state index contributed by atoms with van der Waals surface area (Å²) in [6.07, 6.45) is 7.29. The summed E-state index contributed by atoms with van der Waals surface area (Å²) in [6.45, 7) is 2.88. The first-order chi connectivity index (χ1) is 17.6. The number of fused-ring (bicyclic) bond motifs is 1. The van der Waals surface area contributed by atoms with Crippen molar-refractivity contribution in [1.82, 2.24) is 44.6 Å². The zero-order valence-corrected chi connectivity index (χ0v) is 19.7. The Labute approximate surface area is 205 Å². The first kappa shape index (κ1) is 22.8. The summed E-state index contributed by atoms with van der Waals surface area (Å²) in [7, 11) is 0. The summed E-state index contributed by atoms with van der Waals surface area (Å²) in [5.74, 6) is -0.0466. The van der Waals surface area contributed by atoms with E-state index in [9.17, 15) is 13.6 Å². The minimum Gasteiger partial charge on any atom is -0.336 e. The third-order valence-corrected chi connectivity index (χ3v) is 7.05. The SMILES string of the molecule is O=C(c1cnn2c(-c3cn(-c4cn(C5CCCCC5)nc4C(F)F)nn3)ccc2c1)N1CCNCC1. The van der Waals surface area contributed by atoms with E-state index >= 15 is 0 Å². The second kappa shape index (κ2) is 9.41. The van der Waals surface area contributed by atoms with Gasteiger partial charge in [-0.25, -0.2) is 18.0 Å². The fourth-order valence-corrected chi connectivity index (χ4v) is 5.12. The van der Waals surface area contributed by atoms with Crippen molar-refractivity contribution < 1.29 is 13.6 Å². The molecule has 4 aromatic heterocycles. The highest BCUT2D eigenvalue weighted by molar-refractivity contribution is 5.95. The lowest BCUT2D eigenvalue weighted by molar-refractivity contribution is 0.0735. The second-order valence-corrected chi connectivity index (χ2v) is 9.36. The first-order valence-electron chi connectivity index (χ1n) is 12.4. The molecule has 6 rings (SSSR count). The predicted molar refractivity (Wildman–Crippen MR) is 127 cm³/mol. The van der Waals surface area contributed by atoms with Gasteiger partial charge in [-0.1, -0.05) is 24.5 Å². The van der Waals surface area contributed by atoms with E-state index in [4.69, 9.17) is 0 Å². The maximum absolute atomic E-state index is 13.8. The summed E-state index contributed by atoms with van der Waals surface area (Å²) in [4.78, 5) is 14.7. The molecule has 0 bridgehead atoms. The van der Waals surface area contributed by atoms with E-state index in [0.717, 1.165) is 44.3 Å². The van der Waals surface area contributed by atoms with E-state index in [-0.39, 0.29) is 23.3 Å². The van der Waals surface area contributed by atoms with Crippen LogP contribution in [0.25, 0.3) is 22.6 Å². The number of nitrogens with one attached hydrogen (secondary N) is 1. The number of aromatic nitrogens is 7. The molecule has 4 aromatic rings. The molecule has 188 valence electrons. The molecule has 2 aliphatic rings. The Balaban J connectivity index is 1.29. The average Bonchev–Trinajstić information content (AvgIpc) is 3.66. The summed E-state index contributed by atoms with van der Waals surface area (Å²) >= 11 is 0. The van der Waals surface area contributed by atoms with Crippen LogP contribution in [0.1, 0.15) is 60.6 Å². The van der Waals surface area contributed by atoms with Crippen LogP contribution in [-0.2, 0) is 0 Å². The van der Waals surface area contributed by atoms with Crippen molar-refractivity contribution in [1.29, 1.82) is 0 Å². The lowest BCUT2D eigenvalue weighted by Crippen LogP contribution is -2.46. The lowest BCUT2D eigenvalue weighted by Gasteiger charge is -2.27. The van der Waals surface area contributed by atoms with Gasteiger partial charge in [0.2, 0.25) is 0 Å². The van der Waals surface area contributed by atoms with Crippen LogP contribution < -0.4 is 5.32 Å². The number of halogens is 2. The topological polar surface area (TPSA) is 98.2 Å². The van der Waals surface area contributed by atoms with E-state index in [1.165, 1.54) is 11.1 Å². The van der Waals surface area contributed by atoms with Gasteiger partial charge in [0, 0.05) is 26.2 Å². The predicted octanol–water partition coefficient (Wildman–Crippen LogP) is 3.27. The van der Waals surface area contributed by atoms with Crippen LogP contribution in [-0.4, -0.2) is 71.4 Å². The average molecular weight is 496 g/mol. The van der Waals surface area contributed by atoms with E-state index in [1.54, 1.807) is 33.9 Å². The molecule has 0 atom stereocenters. The molecule has 36 heavy (non-hydrogen) atoms. The van der Waals surface area contributed by atoms with Crippen molar-refractivity contribution in [2.75, 3.05) is 26.2 Å². The fourth-order valence-electron chi connectivity index (χ4n) is 5.12. The van der Waals surface area contributed by atoms with Crippen molar-refractivity contribution in [2.45, 2.75) is 44.6 Å². The lowest BCUT2D eigenvalue weighted by atomic mass is 9.96. The molecule has 12 heteroatoms. The molecule has 1 saturated carbocycles. The van der Waals surface area contributed by atoms with Crippen LogP contribution in [0.3, 0.4) is 0 Å². The molecule has 1 aliphatic carbocycles. The number of piperazine rings is 1. The Morgan fingerprint density at radius 2 is 1.89 bits per heavy atom.